The van der Waals surface area contributed by atoms with Gasteiger partial charge in [-0.05, 0) is 31.4 Å². The molecule has 0 radical (unpaired) electrons. The molecule has 1 heterocycles. The quantitative estimate of drug-likeness (QED) is 0.197. The maximum atomic E-state index is 12.2. The van der Waals surface area contributed by atoms with Crippen LogP contribution < -0.4 is 16.0 Å². The molecule has 1 saturated heterocycles. The molecule has 30 heavy (non-hydrogen) atoms. The summed E-state index contributed by atoms with van der Waals surface area (Å²) in [6.07, 6.45) is 1.14. The number of morpholine rings is 1. The lowest BCUT2D eigenvalue weighted by Crippen LogP contribution is -2.51. The second kappa shape index (κ2) is 14.6. The highest BCUT2D eigenvalue weighted by Gasteiger charge is 2.22. The Morgan fingerprint density at radius 2 is 1.87 bits per heavy atom. The van der Waals surface area contributed by atoms with E-state index in [9.17, 15) is 4.79 Å². The number of aliphatic imine (C=N–C) groups is 1. The third-order valence-corrected chi connectivity index (χ3v) is 5.02. The number of hydrogen-bond donors (Lipinski definition) is 3. The fourth-order valence-corrected chi connectivity index (χ4v) is 3.53. The van der Waals surface area contributed by atoms with E-state index in [1.165, 1.54) is 0 Å². The molecule has 2 rings (SSSR count). The summed E-state index contributed by atoms with van der Waals surface area (Å²) in [5.41, 5.74) is 1.77. The smallest absolute Gasteiger partial charge is 0.251 e. The molecule has 1 aromatic carbocycles. The van der Waals surface area contributed by atoms with Crippen molar-refractivity contribution < 1.29 is 9.53 Å². The highest BCUT2D eigenvalue weighted by molar-refractivity contribution is 14.0. The molecule has 3 N–H and O–H groups in total. The first kappa shape index (κ1) is 26.6. The minimum atomic E-state index is -0.0530. The first-order valence-electron chi connectivity index (χ1n) is 10.6. The number of amides is 1. The van der Waals surface area contributed by atoms with E-state index in [-0.39, 0.29) is 29.9 Å². The minimum absolute atomic E-state index is 0. The Morgan fingerprint density at radius 3 is 2.50 bits per heavy atom. The van der Waals surface area contributed by atoms with Gasteiger partial charge in [0.15, 0.2) is 5.96 Å². The molecule has 8 heteroatoms. The van der Waals surface area contributed by atoms with Gasteiger partial charge < -0.3 is 20.7 Å². The lowest BCUT2D eigenvalue weighted by atomic mass is 10.0. The second-order valence-corrected chi connectivity index (χ2v) is 7.94. The van der Waals surface area contributed by atoms with Crippen LogP contribution in [-0.2, 0) is 4.74 Å². The lowest BCUT2D eigenvalue weighted by Gasteiger charge is -2.35. The topological polar surface area (TPSA) is 78.0 Å². The van der Waals surface area contributed by atoms with Gasteiger partial charge in [0.25, 0.3) is 5.91 Å². The van der Waals surface area contributed by atoms with Crippen molar-refractivity contribution in [1.29, 1.82) is 0 Å². The van der Waals surface area contributed by atoms with E-state index in [0.29, 0.717) is 30.6 Å². The molecule has 0 aromatic heterocycles. The Bertz CT molecular complexity index is 663. The Morgan fingerprint density at radius 1 is 1.17 bits per heavy atom. The zero-order chi connectivity index (χ0) is 21.1. The van der Waals surface area contributed by atoms with Crippen LogP contribution in [0.4, 0.5) is 0 Å². The molecule has 1 aliphatic heterocycles. The van der Waals surface area contributed by atoms with Crippen LogP contribution in [0.2, 0.25) is 0 Å². The molecule has 1 unspecified atom stereocenters. The van der Waals surface area contributed by atoms with Crippen LogP contribution in [0.1, 0.15) is 36.2 Å². The van der Waals surface area contributed by atoms with Crippen molar-refractivity contribution in [2.45, 2.75) is 33.2 Å². The standard InChI is InChI=1S/C22H37N5O2.HI/c1-17(2)14-20(27-10-12-29-13-11-27)16-26-22(23-4)25-9-8-24-21(28)19-7-5-6-18(3)15-19;/h5-7,15,17,20H,8-14,16H2,1-4H3,(H,24,28)(H2,23,25,26);1H. The van der Waals surface area contributed by atoms with Gasteiger partial charge in [-0.25, -0.2) is 0 Å². The van der Waals surface area contributed by atoms with E-state index in [1.807, 2.05) is 31.2 Å². The highest BCUT2D eigenvalue weighted by Crippen LogP contribution is 2.13. The molecule has 170 valence electrons. The number of carbonyl (C=O) groups is 1. The molecular formula is C22H38IN5O2. The highest BCUT2D eigenvalue weighted by atomic mass is 127. The summed E-state index contributed by atoms with van der Waals surface area (Å²) in [6, 6.07) is 8.06. The van der Waals surface area contributed by atoms with Crippen LogP contribution in [0.15, 0.2) is 29.3 Å². The van der Waals surface area contributed by atoms with E-state index in [0.717, 1.165) is 50.8 Å². The number of halogens is 1. The average molecular weight is 531 g/mol. The largest absolute Gasteiger partial charge is 0.379 e. The van der Waals surface area contributed by atoms with Gasteiger partial charge in [-0.3, -0.25) is 14.7 Å². The van der Waals surface area contributed by atoms with Gasteiger partial charge in [0, 0.05) is 51.4 Å². The Balaban J connectivity index is 0.00000450. The zero-order valence-electron chi connectivity index (χ0n) is 18.7. The predicted molar refractivity (Wildman–Crippen MR) is 134 cm³/mol. The maximum Gasteiger partial charge on any atom is 0.251 e. The summed E-state index contributed by atoms with van der Waals surface area (Å²) in [5, 5.41) is 9.67. The second-order valence-electron chi connectivity index (χ2n) is 7.94. The molecule has 0 bridgehead atoms. The third kappa shape index (κ3) is 9.61. The first-order chi connectivity index (χ1) is 14.0. The van der Waals surface area contributed by atoms with Crippen molar-refractivity contribution in [3.05, 3.63) is 35.4 Å². The predicted octanol–water partition coefficient (Wildman–Crippen LogP) is 2.25. The molecule has 1 fully saturated rings. The number of guanidine groups is 1. The van der Waals surface area contributed by atoms with Crippen LogP contribution >= 0.6 is 24.0 Å². The molecule has 1 amide bonds. The van der Waals surface area contributed by atoms with Crippen LogP contribution in [0, 0.1) is 12.8 Å². The van der Waals surface area contributed by atoms with Crippen LogP contribution in [0.3, 0.4) is 0 Å². The number of benzene rings is 1. The number of nitrogens with one attached hydrogen (secondary N) is 3. The summed E-state index contributed by atoms with van der Waals surface area (Å²) in [5.74, 6) is 1.34. The van der Waals surface area contributed by atoms with E-state index < -0.39 is 0 Å². The molecule has 1 atom stereocenters. The minimum Gasteiger partial charge on any atom is -0.379 e. The summed E-state index contributed by atoms with van der Waals surface area (Å²) < 4.78 is 5.49. The molecule has 1 aromatic rings. The number of carbonyl (C=O) groups excluding carboxylic acids is 1. The number of nitrogens with zero attached hydrogens (tertiary/aromatic N) is 2. The summed E-state index contributed by atoms with van der Waals surface area (Å²) >= 11 is 0. The van der Waals surface area contributed by atoms with Crippen LogP contribution in [0.25, 0.3) is 0 Å². The zero-order valence-corrected chi connectivity index (χ0v) is 21.1. The average Bonchev–Trinajstić information content (AvgIpc) is 2.72. The van der Waals surface area contributed by atoms with E-state index in [1.54, 1.807) is 7.05 Å². The Hall–Kier alpha value is -1.39. The van der Waals surface area contributed by atoms with Gasteiger partial charge in [-0.1, -0.05) is 31.5 Å². The summed E-state index contributed by atoms with van der Waals surface area (Å²) in [6.45, 7) is 12.1. The molecule has 0 spiro atoms. The summed E-state index contributed by atoms with van der Waals surface area (Å²) in [7, 11) is 1.77. The molecule has 1 aliphatic rings. The van der Waals surface area contributed by atoms with Crippen molar-refractivity contribution >= 4 is 35.8 Å². The molecule has 7 nitrogen and oxygen atoms in total. The monoisotopic (exact) mass is 531 g/mol. The van der Waals surface area contributed by atoms with Crippen molar-refractivity contribution in [3.63, 3.8) is 0 Å². The fourth-order valence-electron chi connectivity index (χ4n) is 3.53. The number of ether oxygens (including phenoxy) is 1. The Labute approximate surface area is 198 Å². The number of rotatable bonds is 9. The number of hydrogen-bond acceptors (Lipinski definition) is 4. The van der Waals surface area contributed by atoms with Crippen molar-refractivity contribution in [3.8, 4) is 0 Å². The van der Waals surface area contributed by atoms with E-state index >= 15 is 0 Å². The SMILES string of the molecule is CN=C(NCCNC(=O)c1cccc(C)c1)NCC(CC(C)C)N1CCOCC1.I. The third-order valence-electron chi connectivity index (χ3n) is 5.02. The van der Waals surface area contributed by atoms with Gasteiger partial charge in [0.2, 0.25) is 0 Å². The van der Waals surface area contributed by atoms with Gasteiger partial charge in [0.1, 0.15) is 0 Å². The maximum absolute atomic E-state index is 12.2. The van der Waals surface area contributed by atoms with Crippen LogP contribution in [0.5, 0.6) is 0 Å². The van der Waals surface area contributed by atoms with E-state index in [2.05, 4.69) is 39.7 Å². The molecule has 0 aliphatic carbocycles. The van der Waals surface area contributed by atoms with Gasteiger partial charge in [0.05, 0.1) is 13.2 Å². The van der Waals surface area contributed by atoms with E-state index in [4.69, 9.17) is 4.74 Å². The lowest BCUT2D eigenvalue weighted by molar-refractivity contribution is 0.0132. The van der Waals surface area contributed by atoms with Crippen molar-refractivity contribution in [2.24, 2.45) is 10.9 Å². The number of aryl methyl sites for hydroxylation is 1. The molecular weight excluding hydrogens is 493 g/mol. The van der Waals surface area contributed by atoms with Gasteiger partial charge >= 0.3 is 0 Å². The normalized spacial score (nSPS) is 16.0. The first-order valence-corrected chi connectivity index (χ1v) is 10.6. The van der Waals surface area contributed by atoms with Gasteiger partial charge in [-0.2, -0.15) is 0 Å². The summed E-state index contributed by atoms with van der Waals surface area (Å²) in [4.78, 5) is 19.0. The molecule has 0 saturated carbocycles. The van der Waals surface area contributed by atoms with Crippen LogP contribution in [-0.4, -0.2) is 75.8 Å². The Kier molecular flexibility index (Phi) is 13.0. The fraction of sp³-hybridized carbons (Fsp3) is 0.636. The van der Waals surface area contributed by atoms with Gasteiger partial charge in [-0.15, -0.1) is 24.0 Å². The van der Waals surface area contributed by atoms with Crippen molar-refractivity contribution in [1.82, 2.24) is 20.9 Å². The van der Waals surface area contributed by atoms with Crippen molar-refractivity contribution in [2.75, 3.05) is 53.0 Å².